The van der Waals surface area contributed by atoms with E-state index in [1.807, 2.05) is 25.1 Å². The van der Waals surface area contributed by atoms with Crippen molar-refractivity contribution in [3.8, 4) is 0 Å². The van der Waals surface area contributed by atoms with Crippen LogP contribution in [-0.2, 0) is 16.4 Å². The molecule has 20 heavy (non-hydrogen) atoms. The summed E-state index contributed by atoms with van der Waals surface area (Å²) in [7, 11) is -2.89. The molecule has 1 aliphatic heterocycles. The third-order valence-corrected chi connectivity index (χ3v) is 5.62. The number of halogens is 1. The molecule has 1 fully saturated rings. The highest BCUT2D eigenvalue weighted by Crippen LogP contribution is 2.28. The molecule has 112 valence electrons. The zero-order valence-electron chi connectivity index (χ0n) is 11.9. The summed E-state index contributed by atoms with van der Waals surface area (Å²) in [5.41, 5.74) is 2.20. The van der Waals surface area contributed by atoms with Crippen LogP contribution in [0.3, 0.4) is 0 Å². The normalized spacial score (nSPS) is 21.9. The molecule has 1 unspecified atom stereocenters. The molecule has 1 saturated heterocycles. The first-order chi connectivity index (χ1) is 9.43. The predicted molar refractivity (Wildman–Crippen MR) is 84.3 cm³/mol. The van der Waals surface area contributed by atoms with Crippen LogP contribution >= 0.6 is 11.6 Å². The molecule has 4 nitrogen and oxygen atoms in total. The Morgan fingerprint density at radius 1 is 1.45 bits per heavy atom. The molecule has 1 atom stereocenters. The minimum Gasteiger partial charge on any atom is -0.367 e. The SMILES string of the molecule is CCNCc1cc(Cl)ccc1N1CCS(=O)(=O)CC1C. The molecular weight excluding hydrogens is 296 g/mol. The van der Waals surface area contributed by atoms with Crippen LogP contribution in [0.1, 0.15) is 19.4 Å². The lowest BCUT2D eigenvalue weighted by atomic mass is 10.1. The molecule has 1 heterocycles. The number of benzene rings is 1. The molecule has 0 aliphatic carbocycles. The van der Waals surface area contributed by atoms with Crippen molar-refractivity contribution in [3.63, 3.8) is 0 Å². The van der Waals surface area contributed by atoms with E-state index in [4.69, 9.17) is 11.6 Å². The first kappa shape index (κ1) is 15.6. The molecule has 0 aromatic heterocycles. The van der Waals surface area contributed by atoms with Crippen molar-refractivity contribution < 1.29 is 8.42 Å². The highest BCUT2D eigenvalue weighted by atomic mass is 35.5. The number of rotatable bonds is 4. The largest absolute Gasteiger partial charge is 0.367 e. The lowest BCUT2D eigenvalue weighted by Crippen LogP contribution is -2.47. The van der Waals surface area contributed by atoms with Crippen molar-refractivity contribution in [2.24, 2.45) is 0 Å². The Morgan fingerprint density at radius 3 is 2.85 bits per heavy atom. The van der Waals surface area contributed by atoms with Gasteiger partial charge in [0.2, 0.25) is 0 Å². The Balaban J connectivity index is 2.27. The smallest absolute Gasteiger partial charge is 0.154 e. The van der Waals surface area contributed by atoms with Gasteiger partial charge in [0, 0.05) is 29.8 Å². The Hall–Kier alpha value is -0.780. The molecule has 1 aliphatic rings. The van der Waals surface area contributed by atoms with Crippen molar-refractivity contribution in [1.29, 1.82) is 0 Å². The van der Waals surface area contributed by atoms with Gasteiger partial charge in [0.1, 0.15) is 0 Å². The maximum atomic E-state index is 11.7. The number of hydrogen-bond donors (Lipinski definition) is 1. The molecule has 0 spiro atoms. The van der Waals surface area contributed by atoms with Crippen LogP contribution in [0.4, 0.5) is 5.69 Å². The van der Waals surface area contributed by atoms with Crippen LogP contribution in [0.2, 0.25) is 5.02 Å². The maximum absolute atomic E-state index is 11.7. The fourth-order valence-corrected chi connectivity index (χ4v) is 4.34. The highest BCUT2D eigenvalue weighted by Gasteiger charge is 2.29. The molecule has 0 saturated carbocycles. The molecule has 1 N–H and O–H groups in total. The van der Waals surface area contributed by atoms with E-state index in [0.717, 1.165) is 24.3 Å². The van der Waals surface area contributed by atoms with Gasteiger partial charge in [-0.1, -0.05) is 18.5 Å². The zero-order valence-corrected chi connectivity index (χ0v) is 13.5. The molecule has 1 aromatic carbocycles. The van der Waals surface area contributed by atoms with Crippen molar-refractivity contribution in [3.05, 3.63) is 28.8 Å². The van der Waals surface area contributed by atoms with Gasteiger partial charge >= 0.3 is 0 Å². The average Bonchev–Trinajstić information content (AvgIpc) is 2.36. The van der Waals surface area contributed by atoms with E-state index < -0.39 is 9.84 Å². The van der Waals surface area contributed by atoms with Crippen molar-refractivity contribution in [2.45, 2.75) is 26.4 Å². The molecule has 0 amide bonds. The van der Waals surface area contributed by atoms with E-state index in [-0.39, 0.29) is 17.5 Å². The third kappa shape index (κ3) is 3.65. The first-order valence-corrected chi connectivity index (χ1v) is 9.09. The topological polar surface area (TPSA) is 49.4 Å². The summed E-state index contributed by atoms with van der Waals surface area (Å²) in [5, 5.41) is 4.01. The minimum atomic E-state index is -2.89. The Labute approximate surface area is 126 Å². The number of sulfone groups is 1. The second-order valence-corrected chi connectivity index (χ2v) is 7.88. The van der Waals surface area contributed by atoms with Gasteiger partial charge in [-0.15, -0.1) is 0 Å². The van der Waals surface area contributed by atoms with Crippen LogP contribution in [0, 0.1) is 0 Å². The van der Waals surface area contributed by atoms with Gasteiger partial charge in [0.15, 0.2) is 9.84 Å². The Morgan fingerprint density at radius 2 is 2.20 bits per heavy atom. The molecular formula is C14H21ClN2O2S. The van der Waals surface area contributed by atoms with Crippen LogP contribution in [0.15, 0.2) is 18.2 Å². The zero-order chi connectivity index (χ0) is 14.8. The van der Waals surface area contributed by atoms with Crippen LogP contribution in [-0.4, -0.2) is 39.1 Å². The van der Waals surface area contributed by atoms with Crippen molar-refractivity contribution >= 4 is 27.1 Å². The quantitative estimate of drug-likeness (QED) is 0.924. The average molecular weight is 317 g/mol. The number of nitrogens with zero attached hydrogens (tertiary/aromatic N) is 1. The van der Waals surface area contributed by atoms with Crippen LogP contribution in [0.25, 0.3) is 0 Å². The van der Waals surface area contributed by atoms with Gasteiger partial charge in [-0.3, -0.25) is 0 Å². The summed E-state index contributed by atoms with van der Waals surface area (Å²) >= 11 is 6.07. The van der Waals surface area contributed by atoms with E-state index in [0.29, 0.717) is 11.6 Å². The first-order valence-electron chi connectivity index (χ1n) is 6.89. The fraction of sp³-hybridized carbons (Fsp3) is 0.571. The van der Waals surface area contributed by atoms with E-state index in [1.54, 1.807) is 0 Å². The molecule has 1 aromatic rings. The van der Waals surface area contributed by atoms with E-state index in [9.17, 15) is 8.42 Å². The van der Waals surface area contributed by atoms with Gasteiger partial charge in [-0.05, 0) is 37.2 Å². The molecule has 0 bridgehead atoms. The summed E-state index contributed by atoms with van der Waals surface area (Å²) in [6, 6.07) is 5.80. The Bertz CT molecular complexity index is 575. The minimum absolute atomic E-state index is 0.00435. The highest BCUT2D eigenvalue weighted by molar-refractivity contribution is 7.91. The third-order valence-electron chi connectivity index (χ3n) is 3.59. The Kier molecular flexibility index (Phi) is 4.94. The predicted octanol–water partition coefficient (Wildman–Crippen LogP) is 2.07. The standard InChI is InChI=1S/C14H21ClN2O2S/c1-3-16-9-12-8-13(15)4-5-14(12)17-6-7-20(18,19)10-11(17)2/h4-5,8,11,16H,3,6-7,9-10H2,1-2H3. The fourth-order valence-electron chi connectivity index (χ4n) is 2.59. The van der Waals surface area contributed by atoms with Crippen molar-refractivity contribution in [1.82, 2.24) is 5.32 Å². The van der Waals surface area contributed by atoms with Gasteiger partial charge in [-0.2, -0.15) is 0 Å². The summed E-state index contributed by atoms with van der Waals surface area (Å²) in [6.07, 6.45) is 0. The second kappa shape index (κ2) is 6.33. The number of nitrogens with one attached hydrogen (secondary N) is 1. The van der Waals surface area contributed by atoms with Gasteiger partial charge in [0.25, 0.3) is 0 Å². The van der Waals surface area contributed by atoms with Crippen molar-refractivity contribution in [2.75, 3.05) is 29.5 Å². The van der Waals surface area contributed by atoms with Gasteiger partial charge < -0.3 is 10.2 Å². The summed E-state index contributed by atoms with van der Waals surface area (Å²) < 4.78 is 23.4. The number of anilines is 1. The summed E-state index contributed by atoms with van der Waals surface area (Å²) in [6.45, 7) is 6.19. The van der Waals surface area contributed by atoms with E-state index in [1.165, 1.54) is 0 Å². The monoisotopic (exact) mass is 316 g/mol. The molecule has 2 rings (SSSR count). The lowest BCUT2D eigenvalue weighted by Gasteiger charge is -2.36. The van der Waals surface area contributed by atoms with E-state index in [2.05, 4.69) is 17.1 Å². The maximum Gasteiger partial charge on any atom is 0.154 e. The molecule has 0 radical (unpaired) electrons. The summed E-state index contributed by atoms with van der Waals surface area (Å²) in [4.78, 5) is 2.17. The second-order valence-electron chi connectivity index (χ2n) is 5.21. The summed E-state index contributed by atoms with van der Waals surface area (Å²) in [5.74, 6) is 0.441. The van der Waals surface area contributed by atoms with Gasteiger partial charge in [-0.25, -0.2) is 8.42 Å². The van der Waals surface area contributed by atoms with E-state index >= 15 is 0 Å². The number of hydrogen-bond acceptors (Lipinski definition) is 4. The van der Waals surface area contributed by atoms with Gasteiger partial charge in [0.05, 0.1) is 11.5 Å². The van der Waals surface area contributed by atoms with Crippen LogP contribution < -0.4 is 10.2 Å². The molecule has 6 heteroatoms. The van der Waals surface area contributed by atoms with Crippen LogP contribution in [0.5, 0.6) is 0 Å². The lowest BCUT2D eigenvalue weighted by molar-refractivity contribution is 0.567.